The van der Waals surface area contributed by atoms with E-state index in [4.69, 9.17) is 0 Å². The minimum Gasteiger partial charge on any atom is -0.314 e. The third kappa shape index (κ3) is 1.28. The van der Waals surface area contributed by atoms with E-state index < -0.39 is 9.84 Å². The van der Waals surface area contributed by atoms with Gasteiger partial charge in [-0.05, 0) is 0 Å². The molecular formula is C6H12N2O2S. The number of piperazine rings is 1. The highest BCUT2D eigenvalue weighted by molar-refractivity contribution is 7.93. The van der Waals surface area contributed by atoms with Crippen molar-refractivity contribution in [2.45, 2.75) is 5.54 Å². The van der Waals surface area contributed by atoms with Crippen LogP contribution in [0, 0.1) is 0 Å². The van der Waals surface area contributed by atoms with Crippen LogP contribution in [0.15, 0.2) is 0 Å². The summed E-state index contributed by atoms with van der Waals surface area (Å²) in [4.78, 5) is 0. The van der Waals surface area contributed by atoms with Crippen molar-refractivity contribution in [3.8, 4) is 0 Å². The standard InChI is InChI=1S/C6H12N2O2S/c9-11(10)4-6(5-11)3-7-1-2-8-6/h7-8H,1-5H2. The van der Waals surface area contributed by atoms with Crippen LogP contribution in [0.1, 0.15) is 0 Å². The molecule has 5 heteroatoms. The number of rotatable bonds is 0. The molecule has 1 spiro atoms. The number of nitrogens with one attached hydrogen (secondary N) is 2. The highest BCUT2D eigenvalue weighted by Gasteiger charge is 2.48. The molecule has 2 rings (SSSR count). The third-order valence-electron chi connectivity index (χ3n) is 2.26. The van der Waals surface area contributed by atoms with Crippen molar-refractivity contribution in [3.63, 3.8) is 0 Å². The van der Waals surface area contributed by atoms with Gasteiger partial charge in [0, 0.05) is 19.6 Å². The third-order valence-corrected chi connectivity index (χ3v) is 4.24. The zero-order valence-electron chi connectivity index (χ0n) is 6.26. The molecule has 2 aliphatic rings. The van der Waals surface area contributed by atoms with Gasteiger partial charge < -0.3 is 10.6 Å². The van der Waals surface area contributed by atoms with E-state index in [-0.39, 0.29) is 5.54 Å². The van der Waals surface area contributed by atoms with Gasteiger partial charge in [-0.2, -0.15) is 0 Å². The first kappa shape index (κ1) is 7.52. The van der Waals surface area contributed by atoms with Crippen molar-refractivity contribution in [2.75, 3.05) is 31.1 Å². The zero-order chi connectivity index (χ0) is 7.95. The molecule has 0 amide bonds. The second kappa shape index (κ2) is 2.18. The molecule has 0 aromatic carbocycles. The molecular weight excluding hydrogens is 164 g/mol. The molecule has 0 unspecified atom stereocenters. The summed E-state index contributed by atoms with van der Waals surface area (Å²) < 4.78 is 21.8. The maximum atomic E-state index is 10.9. The molecule has 2 saturated heterocycles. The summed E-state index contributed by atoms with van der Waals surface area (Å²) in [5.74, 6) is 0.625. The van der Waals surface area contributed by atoms with Gasteiger partial charge in [0.05, 0.1) is 17.0 Å². The molecule has 0 aromatic rings. The summed E-state index contributed by atoms with van der Waals surface area (Å²) in [6.45, 7) is 2.63. The Bertz CT molecular complexity index is 240. The van der Waals surface area contributed by atoms with Crippen molar-refractivity contribution in [1.29, 1.82) is 0 Å². The fourth-order valence-corrected chi connectivity index (χ4v) is 3.82. The molecule has 0 radical (unpaired) electrons. The minimum absolute atomic E-state index is 0.114. The van der Waals surface area contributed by atoms with Crippen molar-refractivity contribution in [2.24, 2.45) is 0 Å². The topological polar surface area (TPSA) is 58.2 Å². The predicted octanol–water partition coefficient (Wildman–Crippen LogP) is -1.65. The first-order chi connectivity index (χ1) is 5.12. The van der Waals surface area contributed by atoms with Crippen molar-refractivity contribution >= 4 is 9.84 Å². The Balaban J connectivity index is 2.05. The highest BCUT2D eigenvalue weighted by Crippen LogP contribution is 2.23. The van der Waals surface area contributed by atoms with Crippen LogP contribution in [-0.4, -0.2) is 45.1 Å². The molecule has 2 N–H and O–H groups in total. The van der Waals surface area contributed by atoms with Gasteiger partial charge in [-0.25, -0.2) is 8.42 Å². The molecule has 11 heavy (non-hydrogen) atoms. The summed E-state index contributed by atoms with van der Waals surface area (Å²) in [6.07, 6.45) is 0. The largest absolute Gasteiger partial charge is 0.314 e. The van der Waals surface area contributed by atoms with E-state index in [9.17, 15) is 8.42 Å². The van der Waals surface area contributed by atoms with Crippen LogP contribution in [0.5, 0.6) is 0 Å². The van der Waals surface area contributed by atoms with E-state index >= 15 is 0 Å². The smallest absolute Gasteiger partial charge is 0.154 e. The average molecular weight is 176 g/mol. The van der Waals surface area contributed by atoms with Gasteiger partial charge in [0.1, 0.15) is 0 Å². The van der Waals surface area contributed by atoms with Crippen LogP contribution in [0.2, 0.25) is 0 Å². The summed E-state index contributed by atoms with van der Waals surface area (Å²) in [6, 6.07) is 0. The normalized spacial score (nSPS) is 33.1. The fourth-order valence-electron chi connectivity index (χ4n) is 1.81. The van der Waals surface area contributed by atoms with E-state index in [0.717, 1.165) is 19.6 Å². The monoisotopic (exact) mass is 176 g/mol. The maximum Gasteiger partial charge on any atom is 0.154 e. The minimum atomic E-state index is -2.69. The molecule has 0 aromatic heterocycles. The van der Waals surface area contributed by atoms with Crippen LogP contribution in [0.3, 0.4) is 0 Å². The molecule has 0 saturated carbocycles. The van der Waals surface area contributed by atoms with Gasteiger partial charge in [0.25, 0.3) is 0 Å². The molecule has 0 bridgehead atoms. The summed E-state index contributed by atoms with van der Waals surface area (Å²) in [5, 5.41) is 6.43. The van der Waals surface area contributed by atoms with Crippen LogP contribution < -0.4 is 10.6 Å². The summed E-state index contributed by atoms with van der Waals surface area (Å²) >= 11 is 0. The Hall–Kier alpha value is -0.130. The molecule has 4 nitrogen and oxygen atoms in total. The quantitative estimate of drug-likeness (QED) is 0.464. The Morgan fingerprint density at radius 3 is 2.36 bits per heavy atom. The Kier molecular flexibility index (Phi) is 1.49. The zero-order valence-corrected chi connectivity index (χ0v) is 7.08. The van der Waals surface area contributed by atoms with E-state index in [0.29, 0.717) is 11.5 Å². The number of hydrogen-bond acceptors (Lipinski definition) is 4. The van der Waals surface area contributed by atoms with Crippen LogP contribution in [0.4, 0.5) is 0 Å². The van der Waals surface area contributed by atoms with Crippen LogP contribution >= 0.6 is 0 Å². The first-order valence-electron chi connectivity index (χ1n) is 3.78. The van der Waals surface area contributed by atoms with E-state index in [1.54, 1.807) is 0 Å². The van der Waals surface area contributed by atoms with E-state index in [2.05, 4.69) is 10.6 Å². The summed E-state index contributed by atoms with van der Waals surface area (Å²) in [5.41, 5.74) is -0.114. The maximum absolute atomic E-state index is 10.9. The van der Waals surface area contributed by atoms with Gasteiger partial charge >= 0.3 is 0 Å². The Morgan fingerprint density at radius 2 is 1.91 bits per heavy atom. The average Bonchev–Trinajstić information content (AvgIpc) is 1.85. The van der Waals surface area contributed by atoms with E-state index in [1.807, 2.05) is 0 Å². The molecule has 0 aliphatic carbocycles. The second-order valence-corrected chi connectivity index (χ2v) is 5.48. The van der Waals surface area contributed by atoms with Gasteiger partial charge in [-0.1, -0.05) is 0 Å². The second-order valence-electron chi connectivity index (χ2n) is 3.42. The Labute approximate surface area is 66.3 Å². The lowest BCUT2D eigenvalue weighted by atomic mass is 10.0. The van der Waals surface area contributed by atoms with Gasteiger partial charge in [0.2, 0.25) is 0 Å². The predicted molar refractivity (Wildman–Crippen MR) is 42.3 cm³/mol. The van der Waals surface area contributed by atoms with Crippen LogP contribution in [-0.2, 0) is 9.84 Å². The molecule has 0 atom stereocenters. The van der Waals surface area contributed by atoms with Gasteiger partial charge in [0.15, 0.2) is 9.84 Å². The first-order valence-corrected chi connectivity index (χ1v) is 5.60. The van der Waals surface area contributed by atoms with Gasteiger partial charge in [-0.3, -0.25) is 0 Å². The van der Waals surface area contributed by atoms with Crippen molar-refractivity contribution < 1.29 is 8.42 Å². The molecule has 64 valence electrons. The molecule has 2 aliphatic heterocycles. The van der Waals surface area contributed by atoms with Crippen LogP contribution in [0.25, 0.3) is 0 Å². The fraction of sp³-hybridized carbons (Fsp3) is 1.00. The lowest BCUT2D eigenvalue weighted by Crippen LogP contribution is -2.71. The molecule has 2 fully saturated rings. The van der Waals surface area contributed by atoms with E-state index in [1.165, 1.54) is 0 Å². The SMILES string of the molecule is O=S1(=O)CC2(CNCCN2)C1. The van der Waals surface area contributed by atoms with Crippen molar-refractivity contribution in [3.05, 3.63) is 0 Å². The number of sulfone groups is 1. The molecule has 2 heterocycles. The lowest BCUT2D eigenvalue weighted by molar-refractivity contribution is 0.303. The summed E-state index contributed by atoms with van der Waals surface area (Å²) in [7, 11) is -2.69. The van der Waals surface area contributed by atoms with Gasteiger partial charge in [-0.15, -0.1) is 0 Å². The number of hydrogen-bond donors (Lipinski definition) is 2. The Morgan fingerprint density at radius 1 is 1.18 bits per heavy atom. The lowest BCUT2D eigenvalue weighted by Gasteiger charge is -2.44. The highest BCUT2D eigenvalue weighted by atomic mass is 32.2. The van der Waals surface area contributed by atoms with Crippen molar-refractivity contribution in [1.82, 2.24) is 10.6 Å².